The molecule has 0 aromatic heterocycles. The summed E-state index contributed by atoms with van der Waals surface area (Å²) in [6.45, 7) is 15.4. The molecule has 2 N–H and O–H groups in total. The van der Waals surface area contributed by atoms with Gasteiger partial charge in [-0.3, -0.25) is 14.4 Å². The zero-order valence-electron chi connectivity index (χ0n) is 26.7. The lowest BCUT2D eigenvalue weighted by Gasteiger charge is -2.29. The van der Waals surface area contributed by atoms with Gasteiger partial charge in [-0.25, -0.2) is 5.01 Å². The lowest BCUT2D eigenvalue weighted by Crippen LogP contribution is -2.40. The Balaban J connectivity index is 1.56. The fraction of sp³-hybridized carbons (Fsp3) is 0.389. The van der Waals surface area contributed by atoms with E-state index in [-0.39, 0.29) is 34.3 Å². The summed E-state index contributed by atoms with van der Waals surface area (Å²) in [6.07, 6.45) is 13.1. The maximum absolute atomic E-state index is 13.9. The van der Waals surface area contributed by atoms with Gasteiger partial charge in [0.25, 0.3) is 11.8 Å². The van der Waals surface area contributed by atoms with Gasteiger partial charge in [0, 0.05) is 29.9 Å². The molecule has 2 amide bonds. The fourth-order valence-corrected chi connectivity index (χ4v) is 6.00. The van der Waals surface area contributed by atoms with Crippen molar-refractivity contribution in [3.8, 4) is 0 Å². The molecule has 44 heavy (non-hydrogen) atoms. The Morgan fingerprint density at radius 1 is 0.977 bits per heavy atom. The zero-order valence-corrected chi connectivity index (χ0v) is 26.7. The van der Waals surface area contributed by atoms with Gasteiger partial charge in [-0.2, -0.15) is 5.10 Å². The van der Waals surface area contributed by atoms with Crippen LogP contribution >= 0.6 is 0 Å². The molecule has 4 aliphatic rings. The third-order valence-electron chi connectivity index (χ3n) is 8.40. The van der Waals surface area contributed by atoms with Gasteiger partial charge in [0.2, 0.25) is 5.78 Å². The highest BCUT2D eigenvalue weighted by atomic mass is 16.3. The number of carbonyl (C=O) groups is 3. The maximum Gasteiger partial charge on any atom is 0.277 e. The lowest BCUT2D eigenvalue weighted by atomic mass is 9.78. The van der Waals surface area contributed by atoms with Crippen LogP contribution in [0.4, 0.5) is 11.4 Å². The molecule has 8 nitrogen and oxygen atoms in total. The van der Waals surface area contributed by atoms with Crippen molar-refractivity contribution in [1.29, 1.82) is 0 Å². The van der Waals surface area contributed by atoms with E-state index in [9.17, 15) is 19.5 Å². The standard InChI is InChI=1S/C36H42N4O4/c1-8-39(9-2)25-15-16-26(28(20-25)37-34(43)24-14-11-22(4)19-24)29-32(41)31(33(29)42)30-27(17-13-23-12-10-21(3)18-23)38-40(35(30)44)36(5,6)7/h10-12,14-16,18-22,41H,8-9,13,17H2,1-7H3,(H,37,43). The molecular weight excluding hydrogens is 552 g/mol. The number of nitrogens with zero attached hydrogens (tertiary/aromatic N) is 3. The molecule has 5 rings (SSSR count). The molecular formula is C36H42N4O4. The van der Waals surface area contributed by atoms with Crippen LogP contribution in [0.3, 0.4) is 0 Å². The Kier molecular flexibility index (Phi) is 8.38. The third kappa shape index (κ3) is 5.73. The van der Waals surface area contributed by atoms with E-state index < -0.39 is 17.2 Å². The first kappa shape index (κ1) is 31.0. The van der Waals surface area contributed by atoms with E-state index in [1.807, 2.05) is 65.8 Å². The van der Waals surface area contributed by atoms with E-state index in [1.165, 1.54) is 5.01 Å². The van der Waals surface area contributed by atoms with E-state index in [1.54, 1.807) is 12.1 Å². The summed E-state index contributed by atoms with van der Waals surface area (Å²) in [4.78, 5) is 43.0. The topological polar surface area (TPSA) is 102 Å². The zero-order chi connectivity index (χ0) is 31.9. The average Bonchev–Trinajstić information content (AvgIpc) is 3.68. The molecule has 0 fully saturated rings. The van der Waals surface area contributed by atoms with Crippen molar-refractivity contribution < 1.29 is 19.5 Å². The molecule has 0 radical (unpaired) electrons. The second-order valence-corrected chi connectivity index (χ2v) is 12.8. The van der Waals surface area contributed by atoms with Crippen molar-refractivity contribution >= 4 is 40.3 Å². The molecule has 0 bridgehead atoms. The second kappa shape index (κ2) is 11.9. The highest BCUT2D eigenvalue weighted by Gasteiger charge is 2.46. The number of aliphatic hydroxyl groups is 1. The average molecular weight is 595 g/mol. The number of hydrogen-bond donors (Lipinski definition) is 2. The monoisotopic (exact) mass is 594 g/mol. The Labute approximate surface area is 259 Å². The summed E-state index contributed by atoms with van der Waals surface area (Å²) in [5, 5.41) is 20.5. The number of hydrogen-bond acceptors (Lipinski definition) is 6. The first-order valence-electron chi connectivity index (χ1n) is 15.5. The molecule has 1 heterocycles. The molecule has 2 atom stereocenters. The minimum atomic E-state index is -0.612. The van der Waals surface area contributed by atoms with Gasteiger partial charge in [0.05, 0.1) is 33.7 Å². The molecule has 3 aliphatic carbocycles. The summed E-state index contributed by atoms with van der Waals surface area (Å²) in [5.74, 6) is -0.873. The normalized spacial score (nSPS) is 22.9. The first-order chi connectivity index (χ1) is 20.8. The summed E-state index contributed by atoms with van der Waals surface area (Å²) < 4.78 is 0. The number of ketones is 1. The lowest BCUT2D eigenvalue weighted by molar-refractivity contribution is -0.130. The smallest absolute Gasteiger partial charge is 0.277 e. The van der Waals surface area contributed by atoms with Gasteiger partial charge in [0.1, 0.15) is 5.76 Å². The Hall–Kier alpha value is -4.46. The van der Waals surface area contributed by atoms with Crippen LogP contribution in [0.15, 0.2) is 87.8 Å². The number of amides is 2. The van der Waals surface area contributed by atoms with Crippen molar-refractivity contribution in [3.63, 3.8) is 0 Å². The van der Waals surface area contributed by atoms with E-state index in [4.69, 9.17) is 0 Å². The van der Waals surface area contributed by atoms with Crippen LogP contribution in [0.2, 0.25) is 0 Å². The number of rotatable bonds is 9. The van der Waals surface area contributed by atoms with Crippen LogP contribution in [-0.4, -0.2) is 52.1 Å². The molecule has 1 aliphatic heterocycles. The van der Waals surface area contributed by atoms with E-state index >= 15 is 0 Å². The molecule has 8 heteroatoms. The van der Waals surface area contributed by atoms with Crippen LogP contribution in [0.1, 0.15) is 66.9 Å². The van der Waals surface area contributed by atoms with Crippen molar-refractivity contribution in [3.05, 3.63) is 88.3 Å². The number of nitrogens with one attached hydrogen (secondary N) is 1. The second-order valence-electron chi connectivity index (χ2n) is 12.8. The highest BCUT2D eigenvalue weighted by Crippen LogP contribution is 2.44. The third-order valence-corrected chi connectivity index (χ3v) is 8.40. The molecule has 0 spiro atoms. The Bertz CT molecular complexity index is 1640. The van der Waals surface area contributed by atoms with Gasteiger partial charge >= 0.3 is 0 Å². The summed E-state index contributed by atoms with van der Waals surface area (Å²) in [6, 6.07) is 5.47. The number of allylic oxidation sites excluding steroid dienone is 8. The van der Waals surface area contributed by atoms with Crippen molar-refractivity contribution in [2.45, 2.75) is 66.8 Å². The van der Waals surface area contributed by atoms with Gasteiger partial charge in [-0.05, 0) is 77.5 Å². The minimum absolute atomic E-state index is 0.0137. The van der Waals surface area contributed by atoms with Crippen molar-refractivity contribution in [2.75, 3.05) is 23.3 Å². The van der Waals surface area contributed by atoms with Gasteiger partial charge in [-0.15, -0.1) is 0 Å². The molecule has 230 valence electrons. The first-order valence-corrected chi connectivity index (χ1v) is 15.5. The van der Waals surface area contributed by atoms with E-state index in [0.29, 0.717) is 41.3 Å². The van der Waals surface area contributed by atoms with Crippen LogP contribution in [0.5, 0.6) is 0 Å². The van der Waals surface area contributed by atoms with Gasteiger partial charge < -0.3 is 15.3 Å². The fourth-order valence-electron chi connectivity index (χ4n) is 6.00. The summed E-state index contributed by atoms with van der Waals surface area (Å²) in [5.41, 5.74) is 3.51. The van der Waals surface area contributed by atoms with Crippen LogP contribution in [-0.2, 0) is 14.4 Å². The predicted molar refractivity (Wildman–Crippen MR) is 176 cm³/mol. The number of benzene rings is 1. The van der Waals surface area contributed by atoms with E-state index in [0.717, 1.165) is 24.4 Å². The number of Topliss-reactive ketones (excluding diaryl/α,β-unsaturated/α-hetero) is 1. The maximum atomic E-state index is 13.9. The summed E-state index contributed by atoms with van der Waals surface area (Å²) in [7, 11) is 0. The van der Waals surface area contributed by atoms with Crippen LogP contribution < -0.4 is 10.2 Å². The molecule has 0 saturated heterocycles. The van der Waals surface area contributed by atoms with Crippen LogP contribution in [0.25, 0.3) is 5.57 Å². The largest absolute Gasteiger partial charge is 0.506 e. The molecule has 0 saturated carbocycles. The van der Waals surface area contributed by atoms with Crippen LogP contribution in [0, 0.1) is 11.8 Å². The number of hydrazone groups is 1. The Morgan fingerprint density at radius 2 is 1.66 bits per heavy atom. The number of aliphatic hydroxyl groups excluding tert-OH is 1. The molecule has 1 aromatic rings. The molecule has 1 aromatic carbocycles. The van der Waals surface area contributed by atoms with Crippen molar-refractivity contribution in [1.82, 2.24) is 5.01 Å². The Morgan fingerprint density at radius 3 is 2.23 bits per heavy atom. The predicted octanol–water partition coefficient (Wildman–Crippen LogP) is 6.66. The van der Waals surface area contributed by atoms with Crippen molar-refractivity contribution in [2.24, 2.45) is 16.9 Å². The van der Waals surface area contributed by atoms with Gasteiger partial charge in [0.15, 0.2) is 0 Å². The number of anilines is 2. The highest BCUT2D eigenvalue weighted by molar-refractivity contribution is 6.44. The van der Waals surface area contributed by atoms with E-state index in [2.05, 4.69) is 40.5 Å². The summed E-state index contributed by atoms with van der Waals surface area (Å²) >= 11 is 0. The SMILES string of the molecule is CCN(CC)c1ccc(C2=C(O)C(=C3C(=O)N(C(C)(C)C)N=C3CCC3=CC(C)C=C3)C2=O)c(NC(=O)C2=CC(C)C=C2)c1. The minimum Gasteiger partial charge on any atom is -0.506 e. The molecule has 2 unspecified atom stereocenters. The van der Waals surface area contributed by atoms with Gasteiger partial charge in [-0.1, -0.05) is 55.9 Å². The quantitative estimate of drug-likeness (QED) is 0.311. The number of carbonyl (C=O) groups excluding carboxylic acids is 3.